The fourth-order valence-corrected chi connectivity index (χ4v) is 1.93. The number of ether oxygens (including phenoxy) is 1. The number of halogens is 2. The van der Waals surface area contributed by atoms with Crippen LogP contribution in [-0.4, -0.2) is 22.6 Å². The molecule has 0 saturated carbocycles. The maximum atomic E-state index is 14.1. The smallest absolute Gasteiger partial charge is 0.360 e. The number of hydrogen-bond donors (Lipinski definition) is 1. The molecule has 106 valence electrons. The molecular weight excluding hydrogens is 268 g/mol. The van der Waals surface area contributed by atoms with Crippen molar-refractivity contribution in [3.63, 3.8) is 0 Å². The van der Waals surface area contributed by atoms with Gasteiger partial charge in [0.2, 0.25) is 0 Å². The number of methoxy groups -OCH3 is 1. The number of nitrogens with two attached hydrogens (primary N) is 1. The molecule has 0 radical (unpaired) electrons. The minimum atomic E-state index is -0.795. The van der Waals surface area contributed by atoms with E-state index in [0.29, 0.717) is 0 Å². The number of aryl methyl sites for hydroxylation is 2. The molecule has 1 heterocycles. The molecule has 20 heavy (non-hydrogen) atoms. The van der Waals surface area contributed by atoms with Gasteiger partial charge in [0.25, 0.3) is 0 Å². The average molecular weight is 281 g/mol. The van der Waals surface area contributed by atoms with E-state index in [1.54, 1.807) is 0 Å². The molecule has 1 aromatic carbocycles. The van der Waals surface area contributed by atoms with E-state index in [0.717, 1.165) is 10.6 Å². The lowest BCUT2D eigenvalue weighted by atomic mass is 10.2. The van der Waals surface area contributed by atoms with Crippen LogP contribution in [0.1, 0.15) is 21.9 Å². The molecule has 0 aliphatic heterocycles. The third kappa shape index (κ3) is 2.01. The maximum absolute atomic E-state index is 14.1. The van der Waals surface area contributed by atoms with Crippen LogP contribution in [0.25, 0.3) is 5.69 Å². The van der Waals surface area contributed by atoms with E-state index in [9.17, 15) is 13.6 Å². The molecule has 0 aliphatic rings. The van der Waals surface area contributed by atoms with Gasteiger partial charge >= 0.3 is 5.97 Å². The monoisotopic (exact) mass is 281 g/mol. The zero-order valence-electron chi connectivity index (χ0n) is 11.2. The standard InChI is InChI=1S/C13H13F2N3O2/c1-6-4-5-8(14)11(9(6)15)18-7(2)17-10(12(18)16)13(19)20-3/h4-5H,16H2,1-3H3. The first-order valence-electron chi connectivity index (χ1n) is 5.76. The number of esters is 1. The van der Waals surface area contributed by atoms with E-state index >= 15 is 0 Å². The number of rotatable bonds is 2. The Bertz CT molecular complexity index is 695. The number of anilines is 1. The van der Waals surface area contributed by atoms with Crippen LogP contribution in [-0.2, 0) is 4.74 Å². The van der Waals surface area contributed by atoms with Crippen molar-refractivity contribution < 1.29 is 18.3 Å². The van der Waals surface area contributed by atoms with Crippen LogP contribution in [0, 0.1) is 25.5 Å². The molecule has 0 unspecified atom stereocenters. The van der Waals surface area contributed by atoms with Crippen molar-refractivity contribution in [2.24, 2.45) is 0 Å². The van der Waals surface area contributed by atoms with Crippen molar-refractivity contribution in [3.05, 3.63) is 40.8 Å². The second kappa shape index (κ2) is 4.92. The third-order valence-electron chi connectivity index (χ3n) is 2.94. The first kappa shape index (κ1) is 14.0. The van der Waals surface area contributed by atoms with Gasteiger partial charge in [-0.3, -0.25) is 4.57 Å². The average Bonchev–Trinajstić information content (AvgIpc) is 2.70. The number of aromatic nitrogens is 2. The summed E-state index contributed by atoms with van der Waals surface area (Å²) in [5, 5.41) is 0. The van der Waals surface area contributed by atoms with Crippen LogP contribution in [0.5, 0.6) is 0 Å². The molecule has 2 N–H and O–H groups in total. The van der Waals surface area contributed by atoms with Gasteiger partial charge in [-0.1, -0.05) is 6.07 Å². The second-order valence-electron chi connectivity index (χ2n) is 4.25. The van der Waals surface area contributed by atoms with E-state index in [2.05, 4.69) is 9.72 Å². The number of imidazole rings is 1. The Morgan fingerprint density at radius 1 is 1.35 bits per heavy atom. The highest BCUT2D eigenvalue weighted by molar-refractivity contribution is 5.92. The van der Waals surface area contributed by atoms with Crippen molar-refractivity contribution in [1.29, 1.82) is 0 Å². The minimum absolute atomic E-state index is 0.169. The summed E-state index contributed by atoms with van der Waals surface area (Å²) in [5.74, 6) is -2.30. The first-order valence-corrected chi connectivity index (χ1v) is 5.76. The summed E-state index contributed by atoms with van der Waals surface area (Å²) in [4.78, 5) is 15.4. The lowest BCUT2D eigenvalue weighted by molar-refractivity contribution is 0.0596. The molecule has 0 aliphatic carbocycles. The first-order chi connectivity index (χ1) is 9.38. The Balaban J connectivity index is 2.75. The number of benzene rings is 1. The molecule has 0 bridgehead atoms. The van der Waals surface area contributed by atoms with Crippen LogP contribution in [0.2, 0.25) is 0 Å². The van der Waals surface area contributed by atoms with Gasteiger partial charge in [-0.2, -0.15) is 0 Å². The predicted octanol–water partition coefficient (Wildman–Crippen LogP) is 2.14. The normalized spacial score (nSPS) is 10.7. The molecule has 0 amide bonds. The molecule has 1 aromatic heterocycles. The van der Waals surface area contributed by atoms with Gasteiger partial charge < -0.3 is 10.5 Å². The Morgan fingerprint density at radius 3 is 2.60 bits per heavy atom. The molecule has 0 spiro atoms. The second-order valence-corrected chi connectivity index (χ2v) is 4.25. The van der Waals surface area contributed by atoms with E-state index < -0.39 is 17.6 Å². The van der Waals surface area contributed by atoms with Crippen molar-refractivity contribution in [3.8, 4) is 5.69 Å². The predicted molar refractivity (Wildman–Crippen MR) is 68.7 cm³/mol. The lowest BCUT2D eigenvalue weighted by Gasteiger charge is -2.11. The Labute approximate surface area is 114 Å². The quantitative estimate of drug-likeness (QED) is 0.856. The highest BCUT2D eigenvalue weighted by atomic mass is 19.1. The van der Waals surface area contributed by atoms with Crippen LogP contribution in [0.15, 0.2) is 12.1 Å². The van der Waals surface area contributed by atoms with Gasteiger partial charge in [0, 0.05) is 0 Å². The number of nitrogens with zero attached hydrogens (tertiary/aromatic N) is 2. The number of carbonyl (C=O) groups is 1. The summed E-state index contributed by atoms with van der Waals surface area (Å²) in [5.41, 5.74) is 5.49. The summed E-state index contributed by atoms with van der Waals surface area (Å²) in [6.45, 7) is 2.99. The Morgan fingerprint density at radius 2 is 2.00 bits per heavy atom. The summed E-state index contributed by atoms with van der Waals surface area (Å²) >= 11 is 0. The maximum Gasteiger partial charge on any atom is 0.360 e. The largest absolute Gasteiger partial charge is 0.464 e. The fraction of sp³-hybridized carbons (Fsp3) is 0.231. The summed E-state index contributed by atoms with van der Waals surface area (Å²) in [7, 11) is 1.17. The van der Waals surface area contributed by atoms with Crippen molar-refractivity contribution in [2.75, 3.05) is 12.8 Å². The Kier molecular flexibility index (Phi) is 3.44. The number of carbonyl (C=O) groups excluding carboxylic acids is 1. The van der Waals surface area contributed by atoms with Crippen LogP contribution < -0.4 is 5.73 Å². The van der Waals surface area contributed by atoms with Gasteiger partial charge in [-0.15, -0.1) is 0 Å². The molecular formula is C13H13F2N3O2. The molecule has 2 rings (SSSR count). The lowest BCUT2D eigenvalue weighted by Crippen LogP contribution is -2.10. The van der Waals surface area contributed by atoms with Crippen LogP contribution in [0.3, 0.4) is 0 Å². The molecule has 0 saturated heterocycles. The highest BCUT2D eigenvalue weighted by Crippen LogP contribution is 2.27. The highest BCUT2D eigenvalue weighted by Gasteiger charge is 2.24. The Hall–Kier alpha value is -2.44. The zero-order chi connectivity index (χ0) is 15.0. The van der Waals surface area contributed by atoms with E-state index in [1.807, 2.05) is 0 Å². The fourth-order valence-electron chi connectivity index (χ4n) is 1.93. The molecule has 2 aromatic rings. The van der Waals surface area contributed by atoms with Crippen molar-refractivity contribution in [2.45, 2.75) is 13.8 Å². The van der Waals surface area contributed by atoms with E-state index in [-0.39, 0.29) is 28.6 Å². The van der Waals surface area contributed by atoms with Gasteiger partial charge in [0.15, 0.2) is 11.5 Å². The van der Waals surface area contributed by atoms with Crippen molar-refractivity contribution in [1.82, 2.24) is 9.55 Å². The van der Waals surface area contributed by atoms with Crippen LogP contribution >= 0.6 is 0 Å². The number of hydrogen-bond acceptors (Lipinski definition) is 4. The molecule has 0 atom stereocenters. The van der Waals surface area contributed by atoms with Gasteiger partial charge in [-0.05, 0) is 25.5 Å². The molecule has 5 nitrogen and oxygen atoms in total. The minimum Gasteiger partial charge on any atom is -0.464 e. The van der Waals surface area contributed by atoms with Gasteiger partial charge in [0.1, 0.15) is 23.1 Å². The van der Waals surface area contributed by atoms with Crippen LogP contribution in [0.4, 0.5) is 14.6 Å². The summed E-state index contributed by atoms with van der Waals surface area (Å²) in [6.07, 6.45) is 0. The van der Waals surface area contributed by atoms with Gasteiger partial charge in [0.05, 0.1) is 7.11 Å². The molecule has 7 heteroatoms. The molecule has 0 fully saturated rings. The summed E-state index contributed by atoms with van der Waals surface area (Å²) < 4.78 is 33.6. The summed E-state index contributed by atoms with van der Waals surface area (Å²) in [6, 6.07) is 2.45. The van der Waals surface area contributed by atoms with Crippen molar-refractivity contribution >= 4 is 11.8 Å². The topological polar surface area (TPSA) is 70.1 Å². The van der Waals surface area contributed by atoms with E-state index in [1.165, 1.54) is 27.0 Å². The third-order valence-corrected chi connectivity index (χ3v) is 2.94. The van der Waals surface area contributed by atoms with Gasteiger partial charge in [-0.25, -0.2) is 18.6 Å². The zero-order valence-corrected chi connectivity index (χ0v) is 11.2. The SMILES string of the molecule is COC(=O)c1nc(C)n(-c2c(F)ccc(C)c2F)c1N. The number of nitrogen functional groups attached to an aromatic ring is 1. The van der Waals surface area contributed by atoms with E-state index in [4.69, 9.17) is 5.73 Å².